The SMILES string of the molecule is Cc1ccccc1OCCn1cnc2c(cnn2-c2ccccc2[N+](=O)[O-])c1=O. The summed E-state index contributed by atoms with van der Waals surface area (Å²) in [6.07, 6.45) is 2.78. The predicted molar refractivity (Wildman–Crippen MR) is 106 cm³/mol. The number of hydrogen-bond acceptors (Lipinski definition) is 6. The summed E-state index contributed by atoms with van der Waals surface area (Å²) in [5, 5.41) is 15.7. The third kappa shape index (κ3) is 3.45. The molecule has 0 spiro atoms. The normalized spacial score (nSPS) is 10.9. The molecule has 2 heterocycles. The molecule has 29 heavy (non-hydrogen) atoms. The van der Waals surface area contributed by atoms with E-state index in [9.17, 15) is 14.9 Å². The van der Waals surface area contributed by atoms with E-state index in [0.717, 1.165) is 11.3 Å². The van der Waals surface area contributed by atoms with Crippen LogP contribution in [0.15, 0.2) is 65.8 Å². The van der Waals surface area contributed by atoms with Crippen LogP contribution in [0.2, 0.25) is 0 Å². The number of para-hydroxylation sites is 3. The standard InChI is InChI=1S/C20H17N5O4/c1-14-6-2-5-9-18(14)29-11-10-23-13-21-19-15(20(23)26)12-22-24(19)16-7-3-4-8-17(16)25(27)28/h2-9,12-13H,10-11H2,1H3. The minimum Gasteiger partial charge on any atom is -0.491 e. The Hall–Kier alpha value is -4.01. The molecule has 9 heteroatoms. The molecule has 0 atom stereocenters. The van der Waals surface area contributed by atoms with Gasteiger partial charge in [-0.1, -0.05) is 30.3 Å². The molecule has 4 rings (SSSR count). The molecule has 0 N–H and O–H groups in total. The van der Waals surface area contributed by atoms with Crippen molar-refractivity contribution in [2.45, 2.75) is 13.5 Å². The largest absolute Gasteiger partial charge is 0.491 e. The molecule has 0 saturated carbocycles. The molecule has 0 aliphatic rings. The lowest BCUT2D eigenvalue weighted by Gasteiger charge is -2.10. The highest BCUT2D eigenvalue weighted by Crippen LogP contribution is 2.24. The molecule has 0 unspecified atom stereocenters. The second-order valence-corrected chi connectivity index (χ2v) is 6.40. The van der Waals surface area contributed by atoms with Crippen molar-refractivity contribution >= 4 is 16.7 Å². The second-order valence-electron chi connectivity index (χ2n) is 6.40. The first-order valence-corrected chi connectivity index (χ1v) is 8.91. The first kappa shape index (κ1) is 18.4. The van der Waals surface area contributed by atoms with Gasteiger partial charge < -0.3 is 4.74 Å². The summed E-state index contributed by atoms with van der Waals surface area (Å²) in [5.74, 6) is 0.763. The van der Waals surface area contributed by atoms with E-state index in [1.165, 1.54) is 27.8 Å². The molecule has 0 saturated heterocycles. The van der Waals surface area contributed by atoms with E-state index in [1.807, 2.05) is 31.2 Å². The predicted octanol–water partition coefficient (Wildman–Crippen LogP) is 2.88. The van der Waals surface area contributed by atoms with E-state index in [4.69, 9.17) is 4.74 Å². The van der Waals surface area contributed by atoms with E-state index in [-0.39, 0.29) is 28.0 Å². The highest BCUT2D eigenvalue weighted by molar-refractivity contribution is 5.76. The summed E-state index contributed by atoms with van der Waals surface area (Å²) >= 11 is 0. The summed E-state index contributed by atoms with van der Waals surface area (Å²) in [6.45, 7) is 2.56. The van der Waals surface area contributed by atoms with Crippen LogP contribution < -0.4 is 10.3 Å². The van der Waals surface area contributed by atoms with Gasteiger partial charge in [0, 0.05) is 6.07 Å². The Bertz CT molecular complexity index is 1260. The average Bonchev–Trinajstić information content (AvgIpc) is 3.16. The molecule has 2 aromatic carbocycles. The number of ether oxygens (including phenoxy) is 1. The zero-order chi connectivity index (χ0) is 20.4. The van der Waals surface area contributed by atoms with Crippen molar-refractivity contribution in [1.29, 1.82) is 0 Å². The van der Waals surface area contributed by atoms with Gasteiger partial charge in [0.2, 0.25) is 0 Å². The molecule has 0 radical (unpaired) electrons. The lowest BCUT2D eigenvalue weighted by atomic mass is 10.2. The van der Waals surface area contributed by atoms with Crippen molar-refractivity contribution in [3.8, 4) is 11.4 Å². The Balaban J connectivity index is 1.62. The van der Waals surface area contributed by atoms with Gasteiger partial charge in [-0.2, -0.15) is 5.10 Å². The molecule has 0 aliphatic carbocycles. The van der Waals surface area contributed by atoms with Gasteiger partial charge in [0.05, 0.1) is 17.7 Å². The smallest absolute Gasteiger partial charge is 0.294 e. The molecule has 0 fully saturated rings. The van der Waals surface area contributed by atoms with Gasteiger partial charge in [-0.05, 0) is 24.6 Å². The van der Waals surface area contributed by atoms with Gasteiger partial charge in [-0.25, -0.2) is 9.67 Å². The van der Waals surface area contributed by atoms with E-state index in [2.05, 4.69) is 10.1 Å². The van der Waals surface area contributed by atoms with Crippen LogP contribution in [0, 0.1) is 17.0 Å². The van der Waals surface area contributed by atoms with E-state index >= 15 is 0 Å². The summed E-state index contributed by atoms with van der Waals surface area (Å²) in [4.78, 5) is 27.9. The molecule has 2 aromatic heterocycles. The van der Waals surface area contributed by atoms with Gasteiger partial charge in [-0.3, -0.25) is 19.5 Å². The van der Waals surface area contributed by atoms with Crippen LogP contribution in [-0.4, -0.2) is 30.9 Å². The molecule has 0 amide bonds. The molecule has 0 aliphatic heterocycles. The highest BCUT2D eigenvalue weighted by atomic mass is 16.6. The number of aryl methyl sites for hydroxylation is 1. The molecule has 9 nitrogen and oxygen atoms in total. The van der Waals surface area contributed by atoms with Crippen molar-refractivity contribution in [2.24, 2.45) is 0 Å². The molecular weight excluding hydrogens is 374 g/mol. The number of aromatic nitrogens is 4. The van der Waals surface area contributed by atoms with Crippen LogP contribution in [-0.2, 0) is 6.54 Å². The zero-order valence-electron chi connectivity index (χ0n) is 15.6. The lowest BCUT2D eigenvalue weighted by molar-refractivity contribution is -0.384. The molecule has 0 bridgehead atoms. The maximum Gasteiger partial charge on any atom is 0.294 e. The lowest BCUT2D eigenvalue weighted by Crippen LogP contribution is -2.23. The van der Waals surface area contributed by atoms with Crippen molar-refractivity contribution in [3.63, 3.8) is 0 Å². The summed E-state index contributed by atoms with van der Waals surface area (Å²) in [5.41, 5.74) is 1.13. The van der Waals surface area contributed by atoms with Gasteiger partial charge >= 0.3 is 0 Å². The van der Waals surface area contributed by atoms with Crippen molar-refractivity contribution in [1.82, 2.24) is 19.3 Å². The van der Waals surface area contributed by atoms with E-state index in [1.54, 1.807) is 18.2 Å². The quantitative estimate of drug-likeness (QED) is 0.370. The fourth-order valence-corrected chi connectivity index (χ4v) is 3.05. The van der Waals surface area contributed by atoms with Crippen LogP contribution in [0.3, 0.4) is 0 Å². The van der Waals surface area contributed by atoms with Crippen LogP contribution >= 0.6 is 0 Å². The van der Waals surface area contributed by atoms with Crippen molar-refractivity contribution < 1.29 is 9.66 Å². The molecule has 4 aromatic rings. The minimum absolute atomic E-state index is 0.116. The van der Waals surface area contributed by atoms with Crippen LogP contribution in [0.4, 0.5) is 5.69 Å². The monoisotopic (exact) mass is 391 g/mol. The topological polar surface area (TPSA) is 105 Å². The summed E-state index contributed by atoms with van der Waals surface area (Å²) in [7, 11) is 0. The molecule has 146 valence electrons. The highest BCUT2D eigenvalue weighted by Gasteiger charge is 2.19. The third-order valence-corrected chi connectivity index (χ3v) is 4.54. The van der Waals surface area contributed by atoms with E-state index in [0.29, 0.717) is 13.2 Å². The Labute approximate surface area is 165 Å². The van der Waals surface area contributed by atoms with Gasteiger partial charge in [-0.15, -0.1) is 0 Å². The second kappa shape index (κ2) is 7.55. The Kier molecular flexibility index (Phi) is 4.78. The van der Waals surface area contributed by atoms with Gasteiger partial charge in [0.25, 0.3) is 11.2 Å². The van der Waals surface area contributed by atoms with Crippen molar-refractivity contribution in [3.05, 3.63) is 87.1 Å². The first-order valence-electron chi connectivity index (χ1n) is 8.91. The Morgan fingerprint density at radius 1 is 1.14 bits per heavy atom. The molecular formula is C20H17N5O4. The number of fused-ring (bicyclic) bond motifs is 1. The van der Waals surface area contributed by atoms with Gasteiger partial charge in [0.15, 0.2) is 5.65 Å². The van der Waals surface area contributed by atoms with Gasteiger partial charge in [0.1, 0.15) is 29.8 Å². The Morgan fingerprint density at radius 2 is 1.90 bits per heavy atom. The number of nitrogens with zero attached hydrogens (tertiary/aromatic N) is 5. The number of nitro benzene ring substituents is 1. The maximum atomic E-state index is 12.8. The number of benzene rings is 2. The van der Waals surface area contributed by atoms with Crippen molar-refractivity contribution in [2.75, 3.05) is 6.61 Å². The number of rotatable bonds is 6. The third-order valence-electron chi connectivity index (χ3n) is 4.54. The first-order chi connectivity index (χ1) is 14.1. The Morgan fingerprint density at radius 3 is 2.69 bits per heavy atom. The van der Waals surface area contributed by atoms with E-state index < -0.39 is 4.92 Å². The fraction of sp³-hybridized carbons (Fsp3) is 0.150. The van der Waals surface area contributed by atoms with Crippen LogP contribution in [0.5, 0.6) is 5.75 Å². The average molecular weight is 391 g/mol. The zero-order valence-corrected chi connectivity index (χ0v) is 15.6. The minimum atomic E-state index is -0.493. The van der Waals surface area contributed by atoms with Crippen LogP contribution in [0.25, 0.3) is 16.7 Å². The summed E-state index contributed by atoms with van der Waals surface area (Å²) in [6, 6.07) is 13.8. The number of nitro groups is 1. The fourth-order valence-electron chi connectivity index (χ4n) is 3.05. The number of hydrogen-bond donors (Lipinski definition) is 0. The van der Waals surface area contributed by atoms with Crippen LogP contribution in [0.1, 0.15) is 5.56 Å². The maximum absolute atomic E-state index is 12.8. The summed E-state index contributed by atoms with van der Waals surface area (Å²) < 4.78 is 8.49.